The molecule has 1 aliphatic rings. The van der Waals surface area contributed by atoms with Crippen molar-refractivity contribution in [3.8, 4) is 0 Å². The number of halogens is 1. The van der Waals surface area contributed by atoms with Gasteiger partial charge in [0.05, 0.1) is 11.4 Å². The van der Waals surface area contributed by atoms with Gasteiger partial charge in [0.25, 0.3) is 0 Å². The Morgan fingerprint density at radius 3 is 2.31 bits per heavy atom. The van der Waals surface area contributed by atoms with Gasteiger partial charge >= 0.3 is 6.09 Å². The quantitative estimate of drug-likeness (QED) is 0.805. The van der Waals surface area contributed by atoms with Crippen LogP contribution >= 0.6 is 0 Å². The predicted molar refractivity (Wildman–Crippen MR) is 104 cm³/mol. The first-order chi connectivity index (χ1) is 12.2. The molecule has 26 heavy (non-hydrogen) atoms. The van der Waals surface area contributed by atoms with Gasteiger partial charge in [0.2, 0.25) is 0 Å². The molecule has 1 amide bonds. The summed E-state index contributed by atoms with van der Waals surface area (Å²) >= 11 is 0. The number of carbonyl (C=O) groups excluding carboxylic acids is 1. The zero-order valence-corrected chi connectivity index (χ0v) is 16.6. The second kappa shape index (κ2) is 8.14. The highest BCUT2D eigenvalue weighted by Gasteiger charge is 2.28. The summed E-state index contributed by atoms with van der Waals surface area (Å²) in [5.41, 5.74) is 7.56. The lowest BCUT2D eigenvalue weighted by Crippen LogP contribution is -2.41. The van der Waals surface area contributed by atoms with Crippen LogP contribution in [-0.4, -0.2) is 42.8 Å². The number of amides is 1. The highest BCUT2D eigenvalue weighted by molar-refractivity contribution is 5.70. The largest absolute Gasteiger partial charge is 0.444 e. The number of likely N-dealkylation sites (tertiary alicyclic amines) is 1. The first-order valence-corrected chi connectivity index (χ1v) is 9.48. The number of benzene rings is 1. The Morgan fingerprint density at radius 2 is 1.85 bits per heavy atom. The van der Waals surface area contributed by atoms with Gasteiger partial charge in [0.1, 0.15) is 11.4 Å². The molecule has 2 N–H and O–H groups in total. The smallest absolute Gasteiger partial charge is 0.410 e. The zero-order valence-electron chi connectivity index (χ0n) is 16.6. The zero-order chi connectivity index (χ0) is 19.5. The molecular formula is C20H32FN3O2. The number of nitrogens with zero attached hydrogens (tertiary/aromatic N) is 2. The number of piperidine rings is 1. The Hall–Kier alpha value is -1.98. The molecule has 1 fully saturated rings. The Balaban J connectivity index is 2.07. The van der Waals surface area contributed by atoms with Gasteiger partial charge in [-0.25, -0.2) is 9.18 Å². The van der Waals surface area contributed by atoms with Gasteiger partial charge in [-0.1, -0.05) is 0 Å². The van der Waals surface area contributed by atoms with E-state index in [2.05, 4.69) is 0 Å². The summed E-state index contributed by atoms with van der Waals surface area (Å²) in [6.07, 6.45) is 1.28. The Kier molecular flexibility index (Phi) is 6.37. The number of hydrogen-bond donors (Lipinski definition) is 1. The van der Waals surface area contributed by atoms with Crippen LogP contribution in [0.15, 0.2) is 12.1 Å². The van der Waals surface area contributed by atoms with E-state index >= 15 is 0 Å². The van der Waals surface area contributed by atoms with E-state index in [9.17, 15) is 9.18 Å². The van der Waals surface area contributed by atoms with Crippen molar-refractivity contribution in [1.29, 1.82) is 0 Å². The molecule has 0 saturated carbocycles. The molecule has 0 aliphatic carbocycles. The number of nitrogen functional groups attached to an aromatic ring is 1. The van der Waals surface area contributed by atoms with Crippen LogP contribution in [0.3, 0.4) is 0 Å². The number of anilines is 2. The Morgan fingerprint density at radius 1 is 1.27 bits per heavy atom. The maximum atomic E-state index is 14.7. The molecule has 1 heterocycles. The summed E-state index contributed by atoms with van der Waals surface area (Å²) in [6.45, 7) is 12.2. The fourth-order valence-electron chi connectivity index (χ4n) is 3.47. The summed E-state index contributed by atoms with van der Waals surface area (Å²) in [7, 11) is 0. The molecule has 2 rings (SSSR count). The number of ether oxygens (including phenoxy) is 1. The maximum absolute atomic E-state index is 14.7. The van der Waals surface area contributed by atoms with Gasteiger partial charge in [-0.15, -0.1) is 0 Å². The molecule has 1 aromatic carbocycles. The molecule has 0 aromatic heterocycles. The van der Waals surface area contributed by atoms with Crippen LogP contribution in [0.5, 0.6) is 0 Å². The second-order valence-electron chi connectivity index (χ2n) is 7.85. The minimum absolute atomic E-state index is 0.205. The fraction of sp³-hybridized carbons (Fsp3) is 0.650. The number of carbonyl (C=O) groups is 1. The molecule has 5 nitrogen and oxygen atoms in total. The van der Waals surface area contributed by atoms with Crippen LogP contribution in [0.4, 0.5) is 20.6 Å². The third-order valence-corrected chi connectivity index (χ3v) is 4.81. The van der Waals surface area contributed by atoms with E-state index < -0.39 is 5.60 Å². The monoisotopic (exact) mass is 365 g/mol. The topological polar surface area (TPSA) is 58.8 Å². The van der Waals surface area contributed by atoms with Crippen LogP contribution in [-0.2, 0) is 4.74 Å². The van der Waals surface area contributed by atoms with E-state index in [-0.39, 0.29) is 17.8 Å². The molecule has 1 saturated heterocycles. The predicted octanol–water partition coefficient (Wildman–Crippen LogP) is 4.37. The van der Waals surface area contributed by atoms with Crippen LogP contribution < -0.4 is 10.6 Å². The Bertz CT molecular complexity index is 607. The fourth-order valence-corrected chi connectivity index (χ4v) is 3.47. The lowest BCUT2D eigenvalue weighted by molar-refractivity contribution is 0.0205. The van der Waals surface area contributed by atoms with Crippen molar-refractivity contribution >= 4 is 17.5 Å². The maximum Gasteiger partial charge on any atom is 0.410 e. The van der Waals surface area contributed by atoms with Gasteiger partial charge < -0.3 is 20.3 Å². The molecular weight excluding hydrogens is 333 g/mol. The summed E-state index contributed by atoms with van der Waals surface area (Å²) in [4.78, 5) is 15.8. The molecule has 1 aliphatic heterocycles. The van der Waals surface area contributed by atoms with Crippen molar-refractivity contribution in [2.45, 2.75) is 59.0 Å². The summed E-state index contributed by atoms with van der Waals surface area (Å²) in [5, 5.41) is 0. The summed E-state index contributed by atoms with van der Waals surface area (Å²) in [5.74, 6) is -0.0606. The van der Waals surface area contributed by atoms with Gasteiger partial charge in [-0.05, 0) is 71.1 Å². The molecule has 146 valence electrons. The van der Waals surface area contributed by atoms with E-state index in [1.54, 1.807) is 11.0 Å². The summed E-state index contributed by atoms with van der Waals surface area (Å²) in [6, 6.07) is 3.50. The average Bonchev–Trinajstić information content (AvgIpc) is 2.56. The van der Waals surface area contributed by atoms with Gasteiger partial charge in [0, 0.05) is 26.2 Å². The second-order valence-corrected chi connectivity index (χ2v) is 7.85. The number of hydrogen-bond acceptors (Lipinski definition) is 4. The van der Waals surface area contributed by atoms with Gasteiger partial charge in [-0.3, -0.25) is 0 Å². The van der Waals surface area contributed by atoms with Crippen molar-refractivity contribution in [2.24, 2.45) is 0 Å². The van der Waals surface area contributed by atoms with E-state index in [1.165, 1.54) is 0 Å². The first-order valence-electron chi connectivity index (χ1n) is 9.48. The molecule has 1 aromatic rings. The molecule has 0 spiro atoms. The molecule has 6 heteroatoms. The van der Waals surface area contributed by atoms with Crippen molar-refractivity contribution in [3.05, 3.63) is 23.5 Å². The van der Waals surface area contributed by atoms with E-state index in [1.807, 2.05) is 45.6 Å². The molecule has 0 radical (unpaired) electrons. The van der Waals surface area contributed by atoms with Crippen LogP contribution in [0.2, 0.25) is 0 Å². The van der Waals surface area contributed by atoms with Gasteiger partial charge in [0.15, 0.2) is 0 Å². The third-order valence-electron chi connectivity index (χ3n) is 4.81. The van der Waals surface area contributed by atoms with Crippen molar-refractivity contribution in [2.75, 3.05) is 36.8 Å². The van der Waals surface area contributed by atoms with E-state index in [0.29, 0.717) is 37.6 Å². The first kappa shape index (κ1) is 20.3. The van der Waals surface area contributed by atoms with Crippen molar-refractivity contribution in [1.82, 2.24) is 4.90 Å². The van der Waals surface area contributed by atoms with Crippen molar-refractivity contribution < 1.29 is 13.9 Å². The molecule has 0 bridgehead atoms. The average molecular weight is 365 g/mol. The van der Waals surface area contributed by atoms with Crippen molar-refractivity contribution in [3.63, 3.8) is 0 Å². The Labute approximate surface area is 156 Å². The minimum atomic E-state index is -0.494. The molecule has 0 atom stereocenters. The normalized spacial score (nSPS) is 15.8. The van der Waals surface area contributed by atoms with E-state index in [4.69, 9.17) is 10.5 Å². The number of rotatable bonds is 4. The summed E-state index contributed by atoms with van der Waals surface area (Å²) < 4.78 is 20.1. The molecule has 0 unspecified atom stereocenters. The standard InChI is InChI=1S/C20H32FN3O2/c1-6-23(7-2)18-16(21)12-15(13-17(18)22)14-8-10-24(11-9-14)19(25)26-20(3,4)5/h12-14H,6-11,22H2,1-5H3. The highest BCUT2D eigenvalue weighted by atomic mass is 19.1. The van der Waals surface area contributed by atoms with Crippen LogP contribution in [0.1, 0.15) is 58.9 Å². The van der Waals surface area contributed by atoms with Gasteiger partial charge in [-0.2, -0.15) is 0 Å². The lowest BCUT2D eigenvalue weighted by atomic mass is 9.89. The minimum Gasteiger partial charge on any atom is -0.444 e. The SMILES string of the molecule is CCN(CC)c1c(N)cc(C2CCN(C(=O)OC(C)(C)C)CC2)cc1F. The number of nitrogens with two attached hydrogens (primary N) is 1. The van der Waals surface area contributed by atoms with Crippen LogP contribution in [0, 0.1) is 5.82 Å². The van der Waals surface area contributed by atoms with E-state index in [0.717, 1.165) is 18.4 Å². The van der Waals surface area contributed by atoms with Crippen LogP contribution in [0.25, 0.3) is 0 Å². The highest BCUT2D eigenvalue weighted by Crippen LogP contribution is 2.35. The lowest BCUT2D eigenvalue weighted by Gasteiger charge is -2.34. The third kappa shape index (κ3) is 4.80.